The van der Waals surface area contributed by atoms with Crippen LogP contribution in [0.25, 0.3) is 0 Å². The fourth-order valence-corrected chi connectivity index (χ4v) is 3.34. The molecule has 3 rings (SSSR count). The molecule has 3 nitrogen and oxygen atoms in total. The standard InChI is InChI=1S/C16H15ClN2OS/c1-11(12-5-2-3-9-18-12)19-16(13-6-4-10-20-13)14-7-8-15(17)21-14/h2-11,16,19H,1H3/t11-,16?/m0/s1. The molecule has 2 atom stereocenters. The average Bonchev–Trinajstić information content (AvgIpc) is 3.17. The lowest BCUT2D eigenvalue weighted by molar-refractivity contribution is 0.419. The highest BCUT2D eigenvalue weighted by Gasteiger charge is 2.21. The molecule has 21 heavy (non-hydrogen) atoms. The molecule has 0 saturated carbocycles. The van der Waals surface area contributed by atoms with Gasteiger partial charge in [0.25, 0.3) is 0 Å². The first-order chi connectivity index (χ1) is 10.2. The molecule has 0 fully saturated rings. The van der Waals surface area contributed by atoms with Gasteiger partial charge in [0.05, 0.1) is 16.3 Å². The van der Waals surface area contributed by atoms with Crippen molar-refractivity contribution in [3.63, 3.8) is 0 Å². The van der Waals surface area contributed by atoms with Crippen LogP contribution in [0.15, 0.2) is 59.3 Å². The average molecular weight is 319 g/mol. The van der Waals surface area contributed by atoms with Gasteiger partial charge < -0.3 is 4.42 Å². The van der Waals surface area contributed by atoms with E-state index in [-0.39, 0.29) is 12.1 Å². The summed E-state index contributed by atoms with van der Waals surface area (Å²) in [5.74, 6) is 0.872. The van der Waals surface area contributed by atoms with Crippen molar-refractivity contribution in [3.8, 4) is 0 Å². The molecule has 3 aromatic heterocycles. The second-order valence-electron chi connectivity index (χ2n) is 4.73. The second kappa shape index (κ2) is 6.43. The lowest BCUT2D eigenvalue weighted by Gasteiger charge is -2.20. The van der Waals surface area contributed by atoms with Crippen LogP contribution in [0.3, 0.4) is 0 Å². The van der Waals surface area contributed by atoms with Crippen molar-refractivity contribution in [2.24, 2.45) is 0 Å². The largest absolute Gasteiger partial charge is 0.467 e. The van der Waals surface area contributed by atoms with Gasteiger partial charge in [-0.3, -0.25) is 10.3 Å². The maximum atomic E-state index is 6.07. The van der Waals surface area contributed by atoms with Crippen LogP contribution in [0.4, 0.5) is 0 Å². The van der Waals surface area contributed by atoms with Gasteiger partial charge in [0, 0.05) is 17.1 Å². The van der Waals surface area contributed by atoms with Gasteiger partial charge in [-0.15, -0.1) is 11.3 Å². The molecule has 0 bridgehead atoms. The first kappa shape index (κ1) is 14.3. The maximum Gasteiger partial charge on any atom is 0.126 e. The number of halogens is 1. The molecule has 0 aliphatic heterocycles. The Balaban J connectivity index is 1.86. The number of hydrogen-bond acceptors (Lipinski definition) is 4. The van der Waals surface area contributed by atoms with Gasteiger partial charge in [0.2, 0.25) is 0 Å². The number of furan rings is 1. The highest BCUT2D eigenvalue weighted by atomic mass is 35.5. The van der Waals surface area contributed by atoms with E-state index in [1.807, 2.05) is 42.5 Å². The Morgan fingerprint density at radius 3 is 2.71 bits per heavy atom. The maximum absolute atomic E-state index is 6.07. The molecular weight excluding hydrogens is 304 g/mol. The zero-order chi connectivity index (χ0) is 14.7. The summed E-state index contributed by atoms with van der Waals surface area (Å²) in [6.45, 7) is 2.09. The summed E-state index contributed by atoms with van der Waals surface area (Å²) in [6, 6.07) is 13.8. The second-order valence-corrected chi connectivity index (χ2v) is 6.48. The predicted octanol–water partition coefficient (Wildman–Crippen LogP) is 4.83. The summed E-state index contributed by atoms with van der Waals surface area (Å²) >= 11 is 7.62. The SMILES string of the molecule is C[C@H](NC(c1ccco1)c1ccc(Cl)s1)c1ccccn1. The van der Waals surface area contributed by atoms with E-state index in [4.69, 9.17) is 16.0 Å². The predicted molar refractivity (Wildman–Crippen MR) is 85.7 cm³/mol. The zero-order valence-electron chi connectivity index (χ0n) is 11.5. The van der Waals surface area contributed by atoms with Gasteiger partial charge in [-0.25, -0.2) is 0 Å². The van der Waals surface area contributed by atoms with Crippen molar-refractivity contribution in [3.05, 3.63) is 75.6 Å². The van der Waals surface area contributed by atoms with E-state index in [9.17, 15) is 0 Å². The number of nitrogens with one attached hydrogen (secondary N) is 1. The van der Waals surface area contributed by atoms with E-state index in [0.29, 0.717) is 0 Å². The molecule has 3 heterocycles. The first-order valence-corrected chi connectivity index (χ1v) is 7.89. The van der Waals surface area contributed by atoms with Gasteiger partial charge in [-0.05, 0) is 43.3 Å². The summed E-state index contributed by atoms with van der Waals surface area (Å²) in [7, 11) is 0. The highest BCUT2D eigenvalue weighted by Crippen LogP contribution is 2.32. The Bertz CT molecular complexity index is 681. The molecule has 108 valence electrons. The fraction of sp³-hybridized carbons (Fsp3) is 0.188. The van der Waals surface area contributed by atoms with E-state index in [1.54, 1.807) is 23.8 Å². The summed E-state index contributed by atoms with van der Waals surface area (Å²) < 4.78 is 6.35. The van der Waals surface area contributed by atoms with Gasteiger partial charge in [-0.1, -0.05) is 17.7 Å². The van der Waals surface area contributed by atoms with Crippen LogP contribution in [0.2, 0.25) is 4.34 Å². The minimum absolute atomic E-state index is 0.0329. The third kappa shape index (κ3) is 3.35. The van der Waals surface area contributed by atoms with E-state index in [1.165, 1.54) is 0 Å². The van der Waals surface area contributed by atoms with Crippen molar-refractivity contribution in [2.45, 2.75) is 19.0 Å². The summed E-state index contributed by atoms with van der Waals surface area (Å²) in [4.78, 5) is 5.52. The van der Waals surface area contributed by atoms with Gasteiger partial charge in [0.15, 0.2) is 0 Å². The highest BCUT2D eigenvalue weighted by molar-refractivity contribution is 7.16. The third-order valence-corrected chi connectivity index (χ3v) is 4.55. The van der Waals surface area contributed by atoms with Crippen molar-refractivity contribution in [1.82, 2.24) is 10.3 Å². The lowest BCUT2D eigenvalue weighted by atomic mass is 10.1. The topological polar surface area (TPSA) is 38.1 Å². The molecule has 0 radical (unpaired) electrons. The van der Waals surface area contributed by atoms with Gasteiger partial charge in [0.1, 0.15) is 11.8 Å². The number of hydrogen-bond donors (Lipinski definition) is 1. The number of thiophene rings is 1. The Labute approximate surface area is 132 Å². The quantitative estimate of drug-likeness (QED) is 0.732. The summed E-state index contributed by atoms with van der Waals surface area (Å²) in [5, 5.41) is 3.56. The van der Waals surface area contributed by atoms with Crippen LogP contribution >= 0.6 is 22.9 Å². The lowest BCUT2D eigenvalue weighted by Crippen LogP contribution is -2.25. The number of aromatic nitrogens is 1. The van der Waals surface area contributed by atoms with Crippen molar-refractivity contribution < 1.29 is 4.42 Å². The molecule has 0 aliphatic carbocycles. The van der Waals surface area contributed by atoms with E-state index in [0.717, 1.165) is 20.7 Å². The first-order valence-electron chi connectivity index (χ1n) is 6.69. The van der Waals surface area contributed by atoms with Crippen LogP contribution < -0.4 is 5.32 Å². The number of pyridine rings is 1. The molecule has 0 aromatic carbocycles. The van der Waals surface area contributed by atoms with E-state index in [2.05, 4.69) is 17.2 Å². The van der Waals surface area contributed by atoms with Crippen LogP contribution in [-0.4, -0.2) is 4.98 Å². The minimum atomic E-state index is -0.0329. The Hall–Kier alpha value is -1.62. The molecule has 0 amide bonds. The molecule has 5 heteroatoms. The minimum Gasteiger partial charge on any atom is -0.467 e. The monoisotopic (exact) mass is 318 g/mol. The van der Waals surface area contributed by atoms with E-state index >= 15 is 0 Å². The molecule has 0 saturated heterocycles. The van der Waals surface area contributed by atoms with Gasteiger partial charge in [-0.2, -0.15) is 0 Å². The van der Waals surface area contributed by atoms with E-state index < -0.39 is 0 Å². The van der Waals surface area contributed by atoms with Crippen LogP contribution in [0.1, 0.15) is 35.3 Å². The smallest absolute Gasteiger partial charge is 0.126 e. The molecule has 1 unspecified atom stereocenters. The van der Waals surface area contributed by atoms with Crippen molar-refractivity contribution >= 4 is 22.9 Å². The Kier molecular flexibility index (Phi) is 4.39. The van der Waals surface area contributed by atoms with Crippen LogP contribution in [0, 0.1) is 0 Å². The molecule has 0 aliphatic rings. The van der Waals surface area contributed by atoms with Crippen molar-refractivity contribution in [1.29, 1.82) is 0 Å². The Morgan fingerprint density at radius 1 is 1.19 bits per heavy atom. The van der Waals surface area contributed by atoms with Gasteiger partial charge >= 0.3 is 0 Å². The molecule has 0 spiro atoms. The third-order valence-electron chi connectivity index (χ3n) is 3.25. The number of rotatable bonds is 5. The van der Waals surface area contributed by atoms with Crippen molar-refractivity contribution in [2.75, 3.05) is 0 Å². The Morgan fingerprint density at radius 2 is 2.10 bits per heavy atom. The fourth-order valence-electron chi connectivity index (χ4n) is 2.21. The molecular formula is C16H15ClN2OS. The normalized spacial score (nSPS) is 14.0. The van der Waals surface area contributed by atoms with Crippen LogP contribution in [-0.2, 0) is 0 Å². The number of nitrogens with zero attached hydrogens (tertiary/aromatic N) is 1. The zero-order valence-corrected chi connectivity index (χ0v) is 13.1. The molecule has 1 N–H and O–H groups in total. The summed E-state index contributed by atoms with van der Waals surface area (Å²) in [5.41, 5.74) is 0.997. The molecule has 3 aromatic rings. The summed E-state index contributed by atoms with van der Waals surface area (Å²) in [6.07, 6.45) is 3.49. The van der Waals surface area contributed by atoms with Crippen LogP contribution in [0.5, 0.6) is 0 Å².